The van der Waals surface area contributed by atoms with Crippen LogP contribution in [0.1, 0.15) is 19.8 Å². The standard InChI is InChI=1S/C7H13NO/c1-3-5-7(9)6(8)4-2/h3,6H,1,4-5,8H2,2H3. The van der Waals surface area contributed by atoms with Crippen molar-refractivity contribution in [1.29, 1.82) is 0 Å². The summed E-state index contributed by atoms with van der Waals surface area (Å²) in [7, 11) is 0. The number of hydrogen-bond acceptors (Lipinski definition) is 2. The van der Waals surface area contributed by atoms with Gasteiger partial charge in [-0.25, -0.2) is 0 Å². The van der Waals surface area contributed by atoms with Crippen LogP contribution in [0.4, 0.5) is 0 Å². The normalized spacial score (nSPS) is 12.7. The van der Waals surface area contributed by atoms with Crippen molar-refractivity contribution in [1.82, 2.24) is 0 Å². The van der Waals surface area contributed by atoms with E-state index in [1.807, 2.05) is 6.92 Å². The van der Waals surface area contributed by atoms with Gasteiger partial charge >= 0.3 is 0 Å². The Bertz CT molecular complexity index is 109. The Morgan fingerprint density at radius 3 is 2.78 bits per heavy atom. The maximum absolute atomic E-state index is 10.8. The van der Waals surface area contributed by atoms with Crippen LogP contribution in [0, 0.1) is 0 Å². The highest BCUT2D eigenvalue weighted by Crippen LogP contribution is 1.92. The van der Waals surface area contributed by atoms with Crippen LogP contribution in [0.25, 0.3) is 0 Å². The molecule has 0 fully saturated rings. The average molecular weight is 127 g/mol. The Labute approximate surface area is 55.7 Å². The van der Waals surface area contributed by atoms with Gasteiger partial charge in [0, 0.05) is 6.42 Å². The molecule has 2 N–H and O–H groups in total. The minimum Gasteiger partial charge on any atom is -0.322 e. The van der Waals surface area contributed by atoms with E-state index < -0.39 is 0 Å². The predicted octanol–water partition coefficient (Wildman–Crippen LogP) is 0.869. The second kappa shape index (κ2) is 4.27. The minimum absolute atomic E-state index is 0.0764. The van der Waals surface area contributed by atoms with Gasteiger partial charge in [0.2, 0.25) is 0 Å². The van der Waals surface area contributed by atoms with E-state index in [2.05, 4.69) is 6.58 Å². The third kappa shape index (κ3) is 3.03. The molecule has 0 aromatic rings. The summed E-state index contributed by atoms with van der Waals surface area (Å²) in [6.45, 7) is 5.34. The van der Waals surface area contributed by atoms with Gasteiger partial charge in [0.25, 0.3) is 0 Å². The molecule has 0 rings (SSSR count). The molecule has 0 heterocycles. The van der Waals surface area contributed by atoms with E-state index in [9.17, 15) is 4.79 Å². The summed E-state index contributed by atoms with van der Waals surface area (Å²) >= 11 is 0. The molecule has 0 aliphatic rings. The molecular weight excluding hydrogens is 114 g/mol. The largest absolute Gasteiger partial charge is 0.322 e. The topological polar surface area (TPSA) is 43.1 Å². The zero-order chi connectivity index (χ0) is 7.28. The molecule has 52 valence electrons. The third-order valence-corrected chi connectivity index (χ3v) is 1.20. The van der Waals surface area contributed by atoms with E-state index in [1.165, 1.54) is 0 Å². The molecule has 0 spiro atoms. The van der Waals surface area contributed by atoms with E-state index in [1.54, 1.807) is 6.08 Å². The van der Waals surface area contributed by atoms with Crippen LogP contribution in [0.2, 0.25) is 0 Å². The summed E-state index contributed by atoms with van der Waals surface area (Å²) in [5.41, 5.74) is 5.41. The smallest absolute Gasteiger partial charge is 0.153 e. The number of carbonyl (C=O) groups is 1. The van der Waals surface area contributed by atoms with Gasteiger partial charge in [-0.05, 0) is 6.42 Å². The average Bonchev–Trinajstić information content (AvgIpc) is 1.87. The van der Waals surface area contributed by atoms with Crippen LogP contribution in [0.15, 0.2) is 12.7 Å². The molecule has 0 bridgehead atoms. The molecule has 0 aromatic heterocycles. The Morgan fingerprint density at radius 1 is 1.89 bits per heavy atom. The van der Waals surface area contributed by atoms with Gasteiger partial charge in [-0.1, -0.05) is 13.0 Å². The highest BCUT2D eigenvalue weighted by Gasteiger charge is 2.07. The van der Waals surface area contributed by atoms with Crippen molar-refractivity contribution in [2.24, 2.45) is 5.73 Å². The molecule has 9 heavy (non-hydrogen) atoms. The van der Waals surface area contributed by atoms with E-state index >= 15 is 0 Å². The zero-order valence-corrected chi connectivity index (χ0v) is 5.76. The van der Waals surface area contributed by atoms with Crippen LogP contribution in [-0.2, 0) is 4.79 Å². The van der Waals surface area contributed by atoms with Crippen molar-refractivity contribution in [3.05, 3.63) is 12.7 Å². The lowest BCUT2D eigenvalue weighted by Gasteiger charge is -2.03. The molecule has 0 aliphatic carbocycles. The number of carbonyl (C=O) groups excluding carboxylic acids is 1. The fourth-order valence-corrected chi connectivity index (χ4v) is 0.521. The van der Waals surface area contributed by atoms with E-state index in [-0.39, 0.29) is 11.8 Å². The van der Waals surface area contributed by atoms with Crippen LogP contribution < -0.4 is 5.73 Å². The first-order valence-electron chi connectivity index (χ1n) is 3.11. The van der Waals surface area contributed by atoms with Gasteiger partial charge in [-0.15, -0.1) is 6.58 Å². The number of ketones is 1. The van der Waals surface area contributed by atoms with Gasteiger partial charge in [-0.2, -0.15) is 0 Å². The quantitative estimate of drug-likeness (QED) is 0.569. The van der Waals surface area contributed by atoms with Crippen molar-refractivity contribution in [2.45, 2.75) is 25.8 Å². The number of rotatable bonds is 4. The van der Waals surface area contributed by atoms with Crippen molar-refractivity contribution in [3.63, 3.8) is 0 Å². The predicted molar refractivity (Wildman–Crippen MR) is 38.1 cm³/mol. The maximum Gasteiger partial charge on any atom is 0.153 e. The SMILES string of the molecule is C=CCC(=O)C(N)CC. The van der Waals surface area contributed by atoms with E-state index in [0.29, 0.717) is 12.8 Å². The van der Waals surface area contributed by atoms with Crippen molar-refractivity contribution >= 4 is 5.78 Å². The molecule has 0 amide bonds. The fourth-order valence-electron chi connectivity index (χ4n) is 0.521. The molecular formula is C7H13NO. The van der Waals surface area contributed by atoms with Crippen LogP contribution >= 0.6 is 0 Å². The molecule has 0 aliphatic heterocycles. The first-order chi connectivity index (χ1) is 4.22. The Balaban J connectivity index is 3.58. The van der Waals surface area contributed by atoms with Crippen molar-refractivity contribution < 1.29 is 4.79 Å². The summed E-state index contributed by atoms with van der Waals surface area (Å²) in [4.78, 5) is 10.8. The fraction of sp³-hybridized carbons (Fsp3) is 0.571. The summed E-state index contributed by atoms with van der Waals surface area (Å²) in [5.74, 6) is 0.0764. The second-order valence-electron chi connectivity index (χ2n) is 1.97. The molecule has 1 atom stereocenters. The van der Waals surface area contributed by atoms with Gasteiger partial charge < -0.3 is 5.73 Å². The van der Waals surface area contributed by atoms with E-state index in [0.717, 1.165) is 0 Å². The van der Waals surface area contributed by atoms with Crippen LogP contribution in [0.3, 0.4) is 0 Å². The molecule has 2 nitrogen and oxygen atoms in total. The zero-order valence-electron chi connectivity index (χ0n) is 5.76. The first-order valence-corrected chi connectivity index (χ1v) is 3.11. The molecule has 1 unspecified atom stereocenters. The maximum atomic E-state index is 10.8. The molecule has 0 saturated carbocycles. The Kier molecular flexibility index (Phi) is 3.97. The van der Waals surface area contributed by atoms with Crippen LogP contribution in [-0.4, -0.2) is 11.8 Å². The third-order valence-electron chi connectivity index (χ3n) is 1.20. The second-order valence-corrected chi connectivity index (χ2v) is 1.97. The van der Waals surface area contributed by atoms with Gasteiger partial charge in [0.05, 0.1) is 6.04 Å². The molecule has 0 saturated heterocycles. The highest BCUT2D eigenvalue weighted by molar-refractivity contribution is 5.84. The lowest BCUT2D eigenvalue weighted by atomic mass is 10.1. The Morgan fingerprint density at radius 2 is 2.44 bits per heavy atom. The summed E-state index contributed by atoms with van der Waals surface area (Å²) in [6.07, 6.45) is 2.69. The van der Waals surface area contributed by atoms with E-state index in [4.69, 9.17) is 5.73 Å². The van der Waals surface area contributed by atoms with Crippen LogP contribution in [0.5, 0.6) is 0 Å². The lowest BCUT2D eigenvalue weighted by Crippen LogP contribution is -2.28. The minimum atomic E-state index is -0.289. The van der Waals surface area contributed by atoms with Crippen molar-refractivity contribution in [2.75, 3.05) is 0 Å². The van der Waals surface area contributed by atoms with Crippen molar-refractivity contribution in [3.8, 4) is 0 Å². The molecule has 0 aromatic carbocycles. The summed E-state index contributed by atoms with van der Waals surface area (Å²) in [5, 5.41) is 0. The Hall–Kier alpha value is -0.630. The highest BCUT2D eigenvalue weighted by atomic mass is 16.1. The molecule has 0 radical (unpaired) electrons. The van der Waals surface area contributed by atoms with Gasteiger partial charge in [-0.3, -0.25) is 4.79 Å². The summed E-state index contributed by atoms with van der Waals surface area (Å²) in [6, 6.07) is -0.289. The number of hydrogen-bond donors (Lipinski definition) is 1. The molecule has 2 heteroatoms. The van der Waals surface area contributed by atoms with Gasteiger partial charge in [0.15, 0.2) is 5.78 Å². The monoisotopic (exact) mass is 127 g/mol. The summed E-state index contributed by atoms with van der Waals surface area (Å²) < 4.78 is 0. The van der Waals surface area contributed by atoms with Gasteiger partial charge in [0.1, 0.15) is 0 Å². The first kappa shape index (κ1) is 8.37. The number of nitrogens with two attached hydrogens (primary N) is 1. The number of Topliss-reactive ketones (excluding diaryl/α,β-unsaturated/α-hetero) is 1. The lowest BCUT2D eigenvalue weighted by molar-refractivity contribution is -0.119. The number of allylic oxidation sites excluding steroid dienone is 1.